The van der Waals surface area contributed by atoms with E-state index in [1.54, 1.807) is 29.6 Å². The molecule has 0 spiro atoms. The van der Waals surface area contributed by atoms with Gasteiger partial charge < -0.3 is 14.8 Å². The lowest BCUT2D eigenvalue weighted by atomic mass is 10.1. The molecule has 1 N–H and O–H groups in total. The number of methoxy groups -OCH3 is 2. The maximum Gasteiger partial charge on any atom is 0.351 e. The highest BCUT2D eigenvalue weighted by Gasteiger charge is 2.20. The minimum Gasteiger partial charge on any atom is -0.494 e. The highest BCUT2D eigenvalue weighted by molar-refractivity contribution is 7.12. The van der Waals surface area contributed by atoms with Gasteiger partial charge in [-0.05, 0) is 29.8 Å². The predicted molar refractivity (Wildman–Crippen MR) is 105 cm³/mol. The monoisotopic (exact) mass is 420 g/mol. The fourth-order valence-electron chi connectivity index (χ4n) is 2.45. The van der Waals surface area contributed by atoms with E-state index in [-0.39, 0.29) is 10.8 Å². The number of esters is 1. The number of hydrogen-bond acceptors (Lipinski definition) is 6. The lowest BCUT2D eigenvalue weighted by Crippen LogP contribution is -2.13. The molecule has 0 aliphatic carbocycles. The van der Waals surface area contributed by atoms with Crippen LogP contribution in [0.1, 0.15) is 20.2 Å². The molecule has 1 amide bonds. The Bertz CT molecular complexity index is 1040. The Morgan fingerprint density at radius 2 is 1.86 bits per heavy atom. The first-order valence-electron chi connectivity index (χ1n) is 7.92. The zero-order valence-electron chi connectivity index (χ0n) is 14.8. The SMILES string of the molecule is COC(=O)c1scc(-c2ccc(NC(=O)c3ccc(F)c(Cl)n3)cc2)c1OC. The number of anilines is 1. The van der Waals surface area contributed by atoms with Gasteiger partial charge in [0, 0.05) is 16.6 Å². The van der Waals surface area contributed by atoms with Crippen LogP contribution in [0.4, 0.5) is 10.1 Å². The van der Waals surface area contributed by atoms with Crippen LogP contribution in [0.2, 0.25) is 5.15 Å². The quantitative estimate of drug-likeness (QED) is 0.480. The third-order valence-electron chi connectivity index (χ3n) is 3.81. The van der Waals surface area contributed by atoms with Gasteiger partial charge in [0.05, 0.1) is 14.2 Å². The van der Waals surface area contributed by atoms with Crippen LogP contribution in [-0.4, -0.2) is 31.1 Å². The van der Waals surface area contributed by atoms with Crippen molar-refractivity contribution in [1.29, 1.82) is 0 Å². The highest BCUT2D eigenvalue weighted by atomic mass is 35.5. The summed E-state index contributed by atoms with van der Waals surface area (Å²) in [4.78, 5) is 28.1. The fourth-order valence-corrected chi connectivity index (χ4v) is 3.57. The number of nitrogens with one attached hydrogen (secondary N) is 1. The Labute approximate surface area is 168 Å². The Morgan fingerprint density at radius 3 is 2.46 bits per heavy atom. The summed E-state index contributed by atoms with van der Waals surface area (Å²) in [6.07, 6.45) is 0. The first-order chi connectivity index (χ1) is 13.4. The molecule has 0 atom stereocenters. The summed E-state index contributed by atoms with van der Waals surface area (Å²) in [5, 5.41) is 4.09. The smallest absolute Gasteiger partial charge is 0.351 e. The number of benzene rings is 1. The number of halogens is 2. The van der Waals surface area contributed by atoms with Crippen LogP contribution in [0, 0.1) is 5.82 Å². The van der Waals surface area contributed by atoms with Crippen molar-refractivity contribution in [2.45, 2.75) is 0 Å². The van der Waals surface area contributed by atoms with E-state index in [1.165, 1.54) is 31.6 Å². The first kappa shape index (κ1) is 19.8. The normalized spacial score (nSPS) is 10.4. The summed E-state index contributed by atoms with van der Waals surface area (Å²) in [6.45, 7) is 0. The third kappa shape index (κ3) is 3.97. The molecule has 144 valence electrons. The van der Waals surface area contributed by atoms with Gasteiger partial charge in [-0.1, -0.05) is 23.7 Å². The van der Waals surface area contributed by atoms with Crippen LogP contribution in [0.5, 0.6) is 5.75 Å². The fraction of sp³-hybridized carbons (Fsp3) is 0.105. The average Bonchev–Trinajstić information content (AvgIpc) is 3.14. The van der Waals surface area contributed by atoms with E-state index in [0.717, 1.165) is 17.2 Å². The van der Waals surface area contributed by atoms with Crippen molar-refractivity contribution in [1.82, 2.24) is 4.98 Å². The van der Waals surface area contributed by atoms with E-state index < -0.39 is 17.7 Å². The molecule has 0 aliphatic rings. The standard InChI is InChI=1S/C19H14ClFN2O4S/c1-26-15-12(9-28-16(15)19(25)27-2)10-3-5-11(6-4-10)22-18(24)14-8-7-13(21)17(20)23-14/h3-9H,1-2H3,(H,22,24). The molecule has 1 aromatic carbocycles. The maximum absolute atomic E-state index is 13.2. The number of aromatic nitrogens is 1. The molecule has 0 aliphatic heterocycles. The first-order valence-corrected chi connectivity index (χ1v) is 9.18. The van der Waals surface area contributed by atoms with Gasteiger partial charge in [-0.25, -0.2) is 14.2 Å². The van der Waals surface area contributed by atoms with Gasteiger partial charge in [0.15, 0.2) is 21.6 Å². The molecule has 0 unspecified atom stereocenters. The molecule has 0 radical (unpaired) electrons. The number of carbonyl (C=O) groups excluding carboxylic acids is 2. The molecule has 0 saturated carbocycles. The van der Waals surface area contributed by atoms with Crippen LogP contribution in [-0.2, 0) is 4.74 Å². The van der Waals surface area contributed by atoms with E-state index in [0.29, 0.717) is 16.3 Å². The molecule has 28 heavy (non-hydrogen) atoms. The molecule has 0 saturated heterocycles. The van der Waals surface area contributed by atoms with Gasteiger partial charge in [-0.2, -0.15) is 0 Å². The summed E-state index contributed by atoms with van der Waals surface area (Å²) in [5.41, 5.74) is 2.04. The van der Waals surface area contributed by atoms with Gasteiger partial charge >= 0.3 is 5.97 Å². The van der Waals surface area contributed by atoms with Gasteiger partial charge in [0.1, 0.15) is 5.69 Å². The van der Waals surface area contributed by atoms with Crippen LogP contribution in [0.3, 0.4) is 0 Å². The Kier molecular flexibility index (Phi) is 5.91. The largest absolute Gasteiger partial charge is 0.494 e. The number of nitrogens with zero attached hydrogens (tertiary/aromatic N) is 1. The van der Waals surface area contributed by atoms with Gasteiger partial charge in [0.25, 0.3) is 5.91 Å². The van der Waals surface area contributed by atoms with E-state index in [9.17, 15) is 14.0 Å². The Morgan fingerprint density at radius 1 is 1.14 bits per heavy atom. The molecule has 9 heteroatoms. The summed E-state index contributed by atoms with van der Waals surface area (Å²) in [7, 11) is 2.79. The zero-order chi connectivity index (χ0) is 20.3. The second-order valence-corrected chi connectivity index (χ2v) is 6.74. The van der Waals surface area contributed by atoms with Crippen molar-refractivity contribution in [3.8, 4) is 16.9 Å². The average molecular weight is 421 g/mol. The summed E-state index contributed by atoms with van der Waals surface area (Å²) < 4.78 is 23.3. The number of rotatable bonds is 5. The summed E-state index contributed by atoms with van der Waals surface area (Å²) in [6, 6.07) is 9.24. The Balaban J connectivity index is 1.80. The van der Waals surface area contributed by atoms with Crippen molar-refractivity contribution in [2.75, 3.05) is 19.5 Å². The number of thiophene rings is 1. The lowest BCUT2D eigenvalue weighted by molar-refractivity contribution is 0.0603. The number of carbonyl (C=O) groups is 2. The second kappa shape index (κ2) is 8.37. The lowest BCUT2D eigenvalue weighted by Gasteiger charge is -2.08. The van der Waals surface area contributed by atoms with E-state index in [4.69, 9.17) is 21.1 Å². The van der Waals surface area contributed by atoms with Crippen molar-refractivity contribution >= 4 is 40.5 Å². The molecule has 6 nitrogen and oxygen atoms in total. The molecule has 3 rings (SSSR count). The molecule has 0 bridgehead atoms. The minimum absolute atomic E-state index is 0.00213. The summed E-state index contributed by atoms with van der Waals surface area (Å²) >= 11 is 6.83. The zero-order valence-corrected chi connectivity index (χ0v) is 16.4. The number of ether oxygens (including phenoxy) is 2. The van der Waals surface area contributed by atoms with Crippen LogP contribution >= 0.6 is 22.9 Å². The maximum atomic E-state index is 13.2. The van der Waals surface area contributed by atoms with Crippen molar-refractivity contribution in [3.05, 3.63) is 63.3 Å². The van der Waals surface area contributed by atoms with Crippen LogP contribution in [0.25, 0.3) is 11.1 Å². The predicted octanol–water partition coefficient (Wildman–Crippen LogP) is 4.65. The van der Waals surface area contributed by atoms with Gasteiger partial charge in [-0.15, -0.1) is 11.3 Å². The number of pyridine rings is 1. The minimum atomic E-state index is -0.696. The molecule has 2 aromatic heterocycles. The van der Waals surface area contributed by atoms with Crippen molar-refractivity contribution < 1.29 is 23.5 Å². The van der Waals surface area contributed by atoms with Crippen LogP contribution < -0.4 is 10.1 Å². The number of amides is 1. The van der Waals surface area contributed by atoms with Crippen molar-refractivity contribution in [2.24, 2.45) is 0 Å². The third-order valence-corrected chi connectivity index (χ3v) is 5.02. The highest BCUT2D eigenvalue weighted by Crippen LogP contribution is 2.39. The summed E-state index contributed by atoms with van der Waals surface area (Å²) in [5.74, 6) is -1.25. The molecular formula is C19H14ClFN2O4S. The molecule has 3 aromatic rings. The number of hydrogen-bond donors (Lipinski definition) is 1. The van der Waals surface area contributed by atoms with Crippen LogP contribution in [0.15, 0.2) is 41.8 Å². The topological polar surface area (TPSA) is 77.5 Å². The molecule has 0 fully saturated rings. The van der Waals surface area contributed by atoms with E-state index >= 15 is 0 Å². The van der Waals surface area contributed by atoms with E-state index in [2.05, 4.69) is 10.3 Å². The second-order valence-electron chi connectivity index (χ2n) is 5.50. The molecule has 2 heterocycles. The van der Waals surface area contributed by atoms with Crippen molar-refractivity contribution in [3.63, 3.8) is 0 Å². The molecular weight excluding hydrogens is 407 g/mol. The van der Waals surface area contributed by atoms with Gasteiger partial charge in [0.2, 0.25) is 0 Å². The van der Waals surface area contributed by atoms with E-state index in [1.807, 2.05) is 0 Å². The Hall–Kier alpha value is -2.97. The van der Waals surface area contributed by atoms with Gasteiger partial charge in [-0.3, -0.25) is 4.79 Å².